The van der Waals surface area contributed by atoms with Crippen LogP contribution in [0.2, 0.25) is 0 Å². The highest BCUT2D eigenvalue weighted by molar-refractivity contribution is 7.89. The summed E-state index contributed by atoms with van der Waals surface area (Å²) >= 11 is 0. The van der Waals surface area contributed by atoms with E-state index in [4.69, 9.17) is 9.63 Å². The quantitative estimate of drug-likeness (QED) is 0.852. The molecule has 0 saturated heterocycles. The van der Waals surface area contributed by atoms with Crippen LogP contribution in [0.25, 0.3) is 0 Å². The fraction of sp³-hybridized carbons (Fsp3) is 0.250. The molecule has 2 rings (SSSR count). The maximum Gasteiger partial charge on any atom is 0.240 e. The van der Waals surface area contributed by atoms with Gasteiger partial charge in [0.1, 0.15) is 5.76 Å². The van der Waals surface area contributed by atoms with Crippen molar-refractivity contribution < 1.29 is 18.0 Å². The molecule has 0 saturated carbocycles. The summed E-state index contributed by atoms with van der Waals surface area (Å²) in [5.41, 5.74) is 1.18. The van der Waals surface area contributed by atoms with Crippen LogP contribution in [0.15, 0.2) is 39.8 Å². The predicted octanol–water partition coefficient (Wildman–Crippen LogP) is 0.954. The van der Waals surface area contributed by atoms with Gasteiger partial charge in [-0.05, 0) is 24.6 Å². The zero-order chi connectivity index (χ0) is 13.9. The minimum Gasteiger partial charge on any atom is -0.392 e. The second-order valence-electron chi connectivity index (χ2n) is 4.06. The van der Waals surface area contributed by atoms with Crippen LogP contribution in [0.4, 0.5) is 0 Å². The van der Waals surface area contributed by atoms with E-state index in [1.807, 2.05) is 0 Å². The molecule has 0 aliphatic carbocycles. The molecule has 0 radical (unpaired) electrons. The second-order valence-corrected chi connectivity index (χ2v) is 5.82. The second kappa shape index (κ2) is 5.52. The van der Waals surface area contributed by atoms with E-state index in [-0.39, 0.29) is 18.0 Å². The number of aliphatic hydroxyl groups excluding tert-OH is 1. The summed E-state index contributed by atoms with van der Waals surface area (Å²) in [6, 6.07) is 7.69. The number of sulfonamides is 1. The van der Waals surface area contributed by atoms with Crippen molar-refractivity contribution >= 4 is 10.0 Å². The lowest BCUT2D eigenvalue weighted by Gasteiger charge is -2.05. The third-order valence-corrected chi connectivity index (χ3v) is 3.95. The smallest absolute Gasteiger partial charge is 0.240 e. The van der Waals surface area contributed by atoms with E-state index in [1.165, 1.54) is 12.1 Å². The number of aryl methyl sites for hydroxylation is 1. The van der Waals surface area contributed by atoms with Crippen LogP contribution in [0.5, 0.6) is 0 Å². The van der Waals surface area contributed by atoms with Gasteiger partial charge in [0, 0.05) is 6.07 Å². The molecule has 0 amide bonds. The van der Waals surface area contributed by atoms with Crippen LogP contribution in [0, 0.1) is 6.92 Å². The maximum absolute atomic E-state index is 12.0. The van der Waals surface area contributed by atoms with Crippen molar-refractivity contribution in [2.24, 2.45) is 0 Å². The number of benzene rings is 1. The van der Waals surface area contributed by atoms with E-state index in [0.717, 1.165) is 0 Å². The first kappa shape index (κ1) is 13.7. The number of nitrogens with one attached hydrogen (secondary N) is 1. The van der Waals surface area contributed by atoms with Gasteiger partial charge in [0.2, 0.25) is 10.0 Å². The average Bonchev–Trinajstić information content (AvgIpc) is 2.82. The Morgan fingerprint density at radius 2 is 2.00 bits per heavy atom. The van der Waals surface area contributed by atoms with Crippen molar-refractivity contribution in [1.82, 2.24) is 9.88 Å². The fourth-order valence-electron chi connectivity index (χ4n) is 1.53. The van der Waals surface area contributed by atoms with Gasteiger partial charge >= 0.3 is 0 Å². The zero-order valence-electron chi connectivity index (χ0n) is 10.3. The average molecular weight is 282 g/mol. The molecule has 0 bridgehead atoms. The summed E-state index contributed by atoms with van der Waals surface area (Å²) in [5.74, 6) is 0.626. The molecule has 1 heterocycles. The van der Waals surface area contributed by atoms with E-state index < -0.39 is 10.0 Å². The Balaban J connectivity index is 2.09. The topological polar surface area (TPSA) is 92.4 Å². The van der Waals surface area contributed by atoms with Gasteiger partial charge in [0.15, 0.2) is 0 Å². The Bertz CT molecular complexity index is 647. The van der Waals surface area contributed by atoms with E-state index in [9.17, 15) is 8.42 Å². The number of hydrogen-bond donors (Lipinski definition) is 2. The van der Waals surface area contributed by atoms with Gasteiger partial charge in [-0.3, -0.25) is 0 Å². The molecular formula is C12H14N2O4S. The number of hydrogen-bond acceptors (Lipinski definition) is 5. The van der Waals surface area contributed by atoms with Crippen molar-refractivity contribution in [3.63, 3.8) is 0 Å². The zero-order valence-corrected chi connectivity index (χ0v) is 11.1. The van der Waals surface area contributed by atoms with Crippen LogP contribution < -0.4 is 4.72 Å². The monoisotopic (exact) mass is 282 g/mol. The van der Waals surface area contributed by atoms with Crippen molar-refractivity contribution in [1.29, 1.82) is 0 Å². The van der Waals surface area contributed by atoms with Gasteiger partial charge in [-0.1, -0.05) is 17.3 Å². The van der Waals surface area contributed by atoms with Crippen LogP contribution in [0.3, 0.4) is 0 Å². The summed E-state index contributed by atoms with van der Waals surface area (Å²) in [7, 11) is -3.59. The summed E-state index contributed by atoms with van der Waals surface area (Å²) in [4.78, 5) is 0.143. The predicted molar refractivity (Wildman–Crippen MR) is 67.6 cm³/mol. The minimum atomic E-state index is -3.59. The molecule has 0 unspecified atom stereocenters. The van der Waals surface area contributed by atoms with Gasteiger partial charge in [-0.2, -0.15) is 0 Å². The van der Waals surface area contributed by atoms with E-state index >= 15 is 0 Å². The van der Waals surface area contributed by atoms with Crippen molar-refractivity contribution in [3.05, 3.63) is 47.3 Å². The summed E-state index contributed by atoms with van der Waals surface area (Å²) < 4.78 is 31.2. The number of aromatic nitrogens is 1. The van der Waals surface area contributed by atoms with Crippen LogP contribution in [-0.4, -0.2) is 18.7 Å². The summed E-state index contributed by atoms with van der Waals surface area (Å²) in [6.07, 6.45) is 0. The van der Waals surface area contributed by atoms with Crippen LogP contribution in [-0.2, 0) is 23.2 Å². The Hall–Kier alpha value is -1.70. The summed E-state index contributed by atoms with van der Waals surface area (Å²) in [5, 5.41) is 12.6. The minimum absolute atomic E-state index is 0.0709. The number of nitrogens with zero attached hydrogens (tertiary/aromatic N) is 1. The molecular weight excluding hydrogens is 268 g/mol. The molecule has 2 N–H and O–H groups in total. The van der Waals surface area contributed by atoms with Gasteiger partial charge in [-0.15, -0.1) is 0 Å². The van der Waals surface area contributed by atoms with E-state index in [1.54, 1.807) is 25.1 Å². The van der Waals surface area contributed by atoms with Gasteiger partial charge in [0.25, 0.3) is 0 Å². The highest BCUT2D eigenvalue weighted by Crippen LogP contribution is 2.11. The highest BCUT2D eigenvalue weighted by atomic mass is 32.2. The third-order valence-electron chi connectivity index (χ3n) is 2.54. The SMILES string of the molecule is Cc1cc(CNS(=O)(=O)c2ccc(CO)cc2)no1. The molecule has 0 aliphatic heterocycles. The van der Waals surface area contributed by atoms with Crippen LogP contribution >= 0.6 is 0 Å². The Labute approximate surface area is 111 Å². The molecule has 1 aromatic heterocycles. The standard InChI is InChI=1S/C12H14N2O4S/c1-9-6-11(14-18-9)7-13-19(16,17)12-4-2-10(8-15)3-5-12/h2-6,13,15H,7-8H2,1H3. The molecule has 19 heavy (non-hydrogen) atoms. The fourth-order valence-corrected chi connectivity index (χ4v) is 2.53. The molecule has 7 heteroatoms. The largest absolute Gasteiger partial charge is 0.392 e. The highest BCUT2D eigenvalue weighted by Gasteiger charge is 2.14. The lowest BCUT2D eigenvalue weighted by molar-refractivity contribution is 0.282. The number of aliphatic hydroxyl groups is 1. The molecule has 0 fully saturated rings. The normalized spacial score (nSPS) is 11.7. The molecule has 0 atom stereocenters. The van der Waals surface area contributed by atoms with Gasteiger partial charge < -0.3 is 9.63 Å². The van der Waals surface area contributed by atoms with Crippen molar-refractivity contribution in [3.8, 4) is 0 Å². The first-order valence-corrected chi connectivity index (χ1v) is 7.11. The number of rotatable bonds is 5. The Morgan fingerprint density at radius 1 is 1.32 bits per heavy atom. The van der Waals surface area contributed by atoms with E-state index in [2.05, 4.69) is 9.88 Å². The molecule has 1 aromatic carbocycles. The lowest BCUT2D eigenvalue weighted by Crippen LogP contribution is -2.23. The molecule has 6 nitrogen and oxygen atoms in total. The van der Waals surface area contributed by atoms with Gasteiger partial charge in [0.05, 0.1) is 23.7 Å². The Kier molecular flexibility index (Phi) is 3.98. The van der Waals surface area contributed by atoms with Crippen molar-refractivity contribution in [2.75, 3.05) is 0 Å². The third kappa shape index (κ3) is 3.40. The molecule has 2 aromatic rings. The lowest BCUT2D eigenvalue weighted by atomic mass is 10.2. The first-order chi connectivity index (χ1) is 9.01. The summed E-state index contributed by atoms with van der Waals surface area (Å²) in [6.45, 7) is 1.69. The Morgan fingerprint density at radius 3 is 2.53 bits per heavy atom. The van der Waals surface area contributed by atoms with Crippen LogP contribution in [0.1, 0.15) is 17.0 Å². The molecule has 0 spiro atoms. The van der Waals surface area contributed by atoms with Gasteiger partial charge in [-0.25, -0.2) is 13.1 Å². The first-order valence-electron chi connectivity index (χ1n) is 5.63. The van der Waals surface area contributed by atoms with Crippen molar-refractivity contribution in [2.45, 2.75) is 25.0 Å². The van der Waals surface area contributed by atoms with E-state index in [0.29, 0.717) is 17.0 Å². The molecule has 0 aliphatic rings. The molecule has 102 valence electrons. The maximum atomic E-state index is 12.0.